The molecule has 0 bridgehead atoms. The molecule has 5 heteroatoms. The Labute approximate surface area is 77.5 Å². The van der Waals surface area contributed by atoms with Crippen LogP contribution in [0.3, 0.4) is 0 Å². The largest absolute Gasteiger partial charge is 0.353 e. The van der Waals surface area contributed by atoms with Crippen LogP contribution in [0.2, 0.25) is 0 Å². The fourth-order valence-electron chi connectivity index (χ4n) is 1.71. The Kier molecular flexibility index (Phi) is 2.18. The summed E-state index contributed by atoms with van der Waals surface area (Å²) in [7, 11) is 1.83. The molecule has 1 atom stereocenters. The lowest BCUT2D eigenvalue weighted by molar-refractivity contribution is 0.601. The Morgan fingerprint density at radius 1 is 1.69 bits per heavy atom. The molecule has 2 rings (SSSR count). The average Bonchev–Trinajstić information content (AvgIpc) is 2.71. The number of anilines is 1. The van der Waals surface area contributed by atoms with Gasteiger partial charge >= 0.3 is 0 Å². The third-order valence-electron chi connectivity index (χ3n) is 2.53. The Morgan fingerprint density at radius 3 is 3.08 bits per heavy atom. The second-order valence-electron chi connectivity index (χ2n) is 3.53. The lowest BCUT2D eigenvalue weighted by Gasteiger charge is -2.13. The Bertz CT molecular complexity index is 282. The molecule has 1 aromatic rings. The van der Waals surface area contributed by atoms with Crippen LogP contribution >= 0.6 is 0 Å². The maximum Gasteiger partial charge on any atom is 0.171 e. The predicted molar refractivity (Wildman–Crippen MR) is 50.4 cm³/mol. The monoisotopic (exact) mass is 181 g/mol. The highest BCUT2D eigenvalue weighted by Crippen LogP contribution is 2.20. The zero-order valence-electron chi connectivity index (χ0n) is 7.85. The van der Waals surface area contributed by atoms with Crippen LogP contribution < -0.4 is 10.6 Å². The molecule has 0 aliphatic carbocycles. The minimum Gasteiger partial charge on any atom is -0.353 e. The molecule has 0 aromatic carbocycles. The number of rotatable bonds is 2. The van der Waals surface area contributed by atoms with Gasteiger partial charge in [0.05, 0.1) is 6.20 Å². The van der Waals surface area contributed by atoms with Crippen LogP contribution in [0.25, 0.3) is 0 Å². The van der Waals surface area contributed by atoms with Crippen LogP contribution in [0.1, 0.15) is 6.42 Å². The first-order valence-electron chi connectivity index (χ1n) is 4.61. The molecule has 1 aromatic heterocycles. The van der Waals surface area contributed by atoms with Crippen molar-refractivity contribution < 1.29 is 0 Å². The smallest absolute Gasteiger partial charge is 0.171 e. The second kappa shape index (κ2) is 3.33. The summed E-state index contributed by atoms with van der Waals surface area (Å²) in [5, 5.41) is 8.30. The molecule has 1 fully saturated rings. The van der Waals surface area contributed by atoms with E-state index in [1.165, 1.54) is 6.42 Å². The number of nitrogens with zero attached hydrogens (tertiary/aromatic N) is 4. The molecule has 0 amide bonds. The predicted octanol–water partition coefficient (Wildman–Crippen LogP) is -0.400. The molecule has 1 aliphatic heterocycles. The van der Waals surface area contributed by atoms with E-state index >= 15 is 0 Å². The first-order chi connectivity index (χ1) is 6.29. The van der Waals surface area contributed by atoms with Crippen molar-refractivity contribution >= 4 is 5.82 Å². The molecule has 5 nitrogen and oxygen atoms in total. The average molecular weight is 181 g/mol. The molecule has 1 unspecified atom stereocenters. The van der Waals surface area contributed by atoms with E-state index in [2.05, 4.69) is 15.1 Å². The normalized spacial score (nSPS) is 22.6. The number of hydrogen-bond donors (Lipinski definition) is 1. The topological polar surface area (TPSA) is 60.0 Å². The molecule has 1 aliphatic rings. The summed E-state index contributed by atoms with van der Waals surface area (Å²) in [5.74, 6) is 1.60. The van der Waals surface area contributed by atoms with Crippen LogP contribution in [-0.4, -0.2) is 34.6 Å². The van der Waals surface area contributed by atoms with E-state index in [1.54, 1.807) is 11.0 Å². The minimum absolute atomic E-state index is 0.627. The summed E-state index contributed by atoms with van der Waals surface area (Å²) in [6.07, 6.45) is 2.98. The van der Waals surface area contributed by atoms with E-state index in [0.717, 1.165) is 25.5 Å². The highest BCUT2D eigenvalue weighted by molar-refractivity contribution is 5.35. The van der Waals surface area contributed by atoms with E-state index in [0.29, 0.717) is 5.92 Å². The third kappa shape index (κ3) is 1.65. The fourth-order valence-corrected chi connectivity index (χ4v) is 1.71. The van der Waals surface area contributed by atoms with E-state index in [4.69, 9.17) is 5.73 Å². The van der Waals surface area contributed by atoms with Crippen LogP contribution in [0.15, 0.2) is 6.20 Å². The van der Waals surface area contributed by atoms with E-state index in [9.17, 15) is 0 Å². The van der Waals surface area contributed by atoms with Gasteiger partial charge in [-0.05, 0) is 18.9 Å². The molecular formula is C8H15N5. The molecule has 72 valence electrons. The van der Waals surface area contributed by atoms with Crippen molar-refractivity contribution in [2.75, 3.05) is 24.5 Å². The van der Waals surface area contributed by atoms with Crippen molar-refractivity contribution in [3.8, 4) is 0 Å². The SMILES string of the molecule is Cn1ncc(N2CCC(CN)C2)n1. The van der Waals surface area contributed by atoms with Gasteiger partial charge in [-0.2, -0.15) is 9.90 Å². The van der Waals surface area contributed by atoms with Crippen LogP contribution in [-0.2, 0) is 7.05 Å². The molecule has 13 heavy (non-hydrogen) atoms. The van der Waals surface area contributed by atoms with Gasteiger partial charge in [-0.1, -0.05) is 0 Å². The quantitative estimate of drug-likeness (QED) is 0.674. The summed E-state index contributed by atoms with van der Waals surface area (Å²) in [6.45, 7) is 2.85. The maximum absolute atomic E-state index is 5.61. The van der Waals surface area contributed by atoms with Gasteiger partial charge in [0.2, 0.25) is 0 Å². The number of hydrogen-bond acceptors (Lipinski definition) is 4. The molecule has 0 radical (unpaired) electrons. The lowest BCUT2D eigenvalue weighted by Crippen LogP contribution is -2.23. The Hall–Kier alpha value is -1.10. The molecule has 1 saturated heterocycles. The van der Waals surface area contributed by atoms with Crippen molar-refractivity contribution in [1.82, 2.24) is 15.0 Å². The van der Waals surface area contributed by atoms with Gasteiger partial charge < -0.3 is 10.6 Å². The van der Waals surface area contributed by atoms with Crippen molar-refractivity contribution in [3.63, 3.8) is 0 Å². The highest BCUT2D eigenvalue weighted by atomic mass is 15.5. The summed E-state index contributed by atoms with van der Waals surface area (Å²) in [4.78, 5) is 3.83. The van der Waals surface area contributed by atoms with Crippen molar-refractivity contribution in [2.45, 2.75) is 6.42 Å². The number of aromatic nitrogens is 3. The first-order valence-corrected chi connectivity index (χ1v) is 4.61. The number of nitrogens with two attached hydrogens (primary N) is 1. The maximum atomic E-state index is 5.61. The summed E-state index contributed by atoms with van der Waals surface area (Å²) < 4.78 is 0. The summed E-state index contributed by atoms with van der Waals surface area (Å²) in [5.41, 5.74) is 5.61. The van der Waals surface area contributed by atoms with Crippen molar-refractivity contribution in [2.24, 2.45) is 18.7 Å². The molecule has 0 spiro atoms. The van der Waals surface area contributed by atoms with Crippen LogP contribution in [0, 0.1) is 5.92 Å². The molecule has 0 saturated carbocycles. The van der Waals surface area contributed by atoms with Gasteiger partial charge in [0.1, 0.15) is 0 Å². The van der Waals surface area contributed by atoms with Crippen LogP contribution in [0.4, 0.5) is 5.82 Å². The third-order valence-corrected chi connectivity index (χ3v) is 2.53. The number of aryl methyl sites for hydroxylation is 1. The Morgan fingerprint density at radius 2 is 2.54 bits per heavy atom. The van der Waals surface area contributed by atoms with Gasteiger partial charge in [-0.25, -0.2) is 0 Å². The summed E-state index contributed by atoms with van der Waals surface area (Å²) >= 11 is 0. The van der Waals surface area contributed by atoms with Gasteiger partial charge in [0, 0.05) is 20.1 Å². The van der Waals surface area contributed by atoms with Gasteiger partial charge in [0.15, 0.2) is 5.82 Å². The minimum atomic E-state index is 0.627. The molecule has 2 N–H and O–H groups in total. The van der Waals surface area contributed by atoms with Gasteiger partial charge in [-0.3, -0.25) is 0 Å². The van der Waals surface area contributed by atoms with E-state index < -0.39 is 0 Å². The first kappa shape index (κ1) is 8.50. The fraction of sp³-hybridized carbons (Fsp3) is 0.750. The van der Waals surface area contributed by atoms with E-state index in [-0.39, 0.29) is 0 Å². The van der Waals surface area contributed by atoms with Gasteiger partial charge in [-0.15, -0.1) is 5.10 Å². The standard InChI is InChI=1S/C8H15N5/c1-12-10-5-8(11-12)13-3-2-7(4-9)6-13/h5,7H,2-4,6,9H2,1H3. The van der Waals surface area contributed by atoms with Crippen LogP contribution in [0.5, 0.6) is 0 Å². The Balaban J connectivity index is 2.03. The summed E-state index contributed by atoms with van der Waals surface area (Å²) in [6, 6.07) is 0. The van der Waals surface area contributed by atoms with E-state index in [1.807, 2.05) is 7.05 Å². The lowest BCUT2D eigenvalue weighted by atomic mass is 10.1. The zero-order valence-corrected chi connectivity index (χ0v) is 7.85. The zero-order chi connectivity index (χ0) is 9.26. The second-order valence-corrected chi connectivity index (χ2v) is 3.53. The van der Waals surface area contributed by atoms with Crippen molar-refractivity contribution in [3.05, 3.63) is 6.20 Å². The highest BCUT2D eigenvalue weighted by Gasteiger charge is 2.22. The van der Waals surface area contributed by atoms with Gasteiger partial charge in [0.25, 0.3) is 0 Å². The molecule has 2 heterocycles. The molecular weight excluding hydrogens is 166 g/mol. The van der Waals surface area contributed by atoms with Crippen molar-refractivity contribution in [1.29, 1.82) is 0 Å².